The average Bonchev–Trinajstić information content (AvgIpc) is 2.36. The Bertz CT molecular complexity index is 390. The van der Waals surface area contributed by atoms with Crippen LogP contribution in [0.5, 0.6) is 0 Å². The molecular weight excluding hydrogens is 226 g/mol. The summed E-state index contributed by atoms with van der Waals surface area (Å²) in [7, 11) is 5.84. The predicted molar refractivity (Wildman–Crippen MR) is 74.7 cm³/mol. The number of amides is 1. The van der Waals surface area contributed by atoms with Crippen LogP contribution in [0.2, 0.25) is 0 Å². The van der Waals surface area contributed by atoms with Gasteiger partial charge >= 0.3 is 0 Å². The molecule has 2 N–H and O–H groups in total. The number of carbonyl (C=O) groups excluding carboxylic acids is 1. The Morgan fingerprint density at radius 1 is 1.17 bits per heavy atom. The van der Waals surface area contributed by atoms with Gasteiger partial charge in [-0.2, -0.15) is 0 Å². The molecular formula is C14H23N3O. The number of likely N-dealkylation sites (N-methyl/N-ethyl adjacent to an activating group) is 2. The maximum absolute atomic E-state index is 12.3. The van der Waals surface area contributed by atoms with Crippen molar-refractivity contribution in [2.24, 2.45) is 5.73 Å². The van der Waals surface area contributed by atoms with E-state index in [1.165, 1.54) is 0 Å². The van der Waals surface area contributed by atoms with E-state index in [1.807, 2.05) is 45.4 Å². The molecule has 0 unspecified atom stereocenters. The minimum absolute atomic E-state index is 0.0703. The molecule has 0 radical (unpaired) electrons. The SMILES string of the molecule is CN(C)CCN(C)C(=O)c1ccccc1CCN. The van der Waals surface area contributed by atoms with E-state index in [9.17, 15) is 4.79 Å². The van der Waals surface area contributed by atoms with Crippen LogP contribution in [-0.2, 0) is 6.42 Å². The molecule has 4 nitrogen and oxygen atoms in total. The van der Waals surface area contributed by atoms with Gasteiger partial charge in [0.25, 0.3) is 5.91 Å². The summed E-state index contributed by atoms with van der Waals surface area (Å²) in [6, 6.07) is 7.69. The van der Waals surface area contributed by atoms with Gasteiger partial charge in [0.15, 0.2) is 0 Å². The van der Waals surface area contributed by atoms with Crippen LogP contribution in [0.15, 0.2) is 24.3 Å². The Kier molecular flexibility index (Phi) is 5.82. The Balaban J connectivity index is 2.76. The van der Waals surface area contributed by atoms with Gasteiger partial charge in [-0.3, -0.25) is 4.79 Å². The Morgan fingerprint density at radius 2 is 1.83 bits per heavy atom. The molecule has 0 saturated carbocycles. The lowest BCUT2D eigenvalue weighted by Crippen LogP contribution is -2.34. The first kappa shape index (κ1) is 14.7. The van der Waals surface area contributed by atoms with E-state index in [2.05, 4.69) is 4.90 Å². The molecule has 1 rings (SSSR count). The van der Waals surface area contributed by atoms with Crippen molar-refractivity contribution >= 4 is 5.91 Å². The van der Waals surface area contributed by atoms with Gasteiger partial charge in [0.05, 0.1) is 0 Å². The zero-order valence-corrected chi connectivity index (χ0v) is 11.5. The van der Waals surface area contributed by atoms with E-state index in [1.54, 1.807) is 4.90 Å². The summed E-state index contributed by atoms with van der Waals surface area (Å²) in [5.74, 6) is 0.0703. The molecule has 1 amide bonds. The summed E-state index contributed by atoms with van der Waals surface area (Å²) in [6.07, 6.45) is 0.740. The molecule has 0 aliphatic heterocycles. The van der Waals surface area contributed by atoms with Crippen LogP contribution >= 0.6 is 0 Å². The van der Waals surface area contributed by atoms with Crippen LogP contribution in [0.4, 0.5) is 0 Å². The topological polar surface area (TPSA) is 49.6 Å². The monoisotopic (exact) mass is 249 g/mol. The number of benzene rings is 1. The summed E-state index contributed by atoms with van der Waals surface area (Å²) in [6.45, 7) is 2.15. The van der Waals surface area contributed by atoms with Gasteiger partial charge in [0.2, 0.25) is 0 Å². The van der Waals surface area contributed by atoms with E-state index in [0.29, 0.717) is 6.54 Å². The Morgan fingerprint density at radius 3 is 2.44 bits per heavy atom. The van der Waals surface area contributed by atoms with Gasteiger partial charge in [-0.05, 0) is 38.7 Å². The first-order valence-electron chi connectivity index (χ1n) is 6.24. The van der Waals surface area contributed by atoms with Crippen LogP contribution in [0.1, 0.15) is 15.9 Å². The van der Waals surface area contributed by atoms with Gasteiger partial charge < -0.3 is 15.5 Å². The molecule has 0 heterocycles. The Hall–Kier alpha value is -1.39. The standard InChI is InChI=1S/C14H23N3O/c1-16(2)10-11-17(3)14(18)13-7-5-4-6-12(13)8-9-15/h4-7H,8-11,15H2,1-3H3. The highest BCUT2D eigenvalue weighted by Gasteiger charge is 2.14. The second-order valence-electron chi connectivity index (χ2n) is 4.73. The van der Waals surface area contributed by atoms with Crippen molar-refractivity contribution in [3.05, 3.63) is 35.4 Å². The third-order valence-corrected chi connectivity index (χ3v) is 2.89. The number of carbonyl (C=O) groups is 1. The molecule has 18 heavy (non-hydrogen) atoms. The van der Waals surface area contributed by atoms with Crippen LogP contribution in [0, 0.1) is 0 Å². The van der Waals surface area contributed by atoms with Crippen molar-refractivity contribution < 1.29 is 4.79 Å². The summed E-state index contributed by atoms with van der Waals surface area (Å²) in [5.41, 5.74) is 7.37. The van der Waals surface area contributed by atoms with Crippen molar-refractivity contribution in [3.63, 3.8) is 0 Å². The van der Waals surface area contributed by atoms with E-state index in [0.717, 1.165) is 30.6 Å². The number of hydrogen-bond donors (Lipinski definition) is 1. The first-order valence-corrected chi connectivity index (χ1v) is 6.24. The lowest BCUT2D eigenvalue weighted by Gasteiger charge is -2.21. The van der Waals surface area contributed by atoms with Crippen LogP contribution in [0.25, 0.3) is 0 Å². The molecule has 4 heteroatoms. The summed E-state index contributed by atoms with van der Waals surface area (Å²) in [4.78, 5) is 16.1. The maximum Gasteiger partial charge on any atom is 0.253 e. The molecule has 0 atom stereocenters. The Labute approximate surface area is 109 Å². The van der Waals surface area contributed by atoms with Crippen molar-refractivity contribution in [1.29, 1.82) is 0 Å². The molecule has 0 aliphatic carbocycles. The van der Waals surface area contributed by atoms with E-state index in [4.69, 9.17) is 5.73 Å². The fraction of sp³-hybridized carbons (Fsp3) is 0.500. The largest absolute Gasteiger partial charge is 0.340 e. The number of nitrogens with two attached hydrogens (primary N) is 1. The predicted octanol–water partition coefficient (Wildman–Crippen LogP) is 0.821. The fourth-order valence-corrected chi connectivity index (χ4v) is 1.76. The summed E-state index contributed by atoms with van der Waals surface area (Å²) >= 11 is 0. The van der Waals surface area contributed by atoms with Gasteiger partial charge in [-0.1, -0.05) is 18.2 Å². The summed E-state index contributed by atoms with van der Waals surface area (Å²) < 4.78 is 0. The van der Waals surface area contributed by atoms with Gasteiger partial charge in [0.1, 0.15) is 0 Å². The summed E-state index contributed by atoms with van der Waals surface area (Å²) in [5, 5.41) is 0. The molecule has 0 aliphatic rings. The molecule has 100 valence electrons. The second kappa shape index (κ2) is 7.13. The molecule has 0 saturated heterocycles. The minimum Gasteiger partial charge on any atom is -0.340 e. The van der Waals surface area contributed by atoms with E-state index >= 15 is 0 Å². The molecule has 1 aromatic rings. The van der Waals surface area contributed by atoms with Gasteiger partial charge in [-0.15, -0.1) is 0 Å². The van der Waals surface area contributed by atoms with Crippen LogP contribution < -0.4 is 5.73 Å². The van der Waals surface area contributed by atoms with Crippen molar-refractivity contribution in [2.75, 3.05) is 40.8 Å². The third-order valence-electron chi connectivity index (χ3n) is 2.89. The highest BCUT2D eigenvalue weighted by Crippen LogP contribution is 2.11. The highest BCUT2D eigenvalue weighted by atomic mass is 16.2. The maximum atomic E-state index is 12.3. The third kappa shape index (κ3) is 4.13. The minimum atomic E-state index is 0.0703. The number of nitrogens with zero attached hydrogens (tertiary/aromatic N) is 2. The molecule has 1 aromatic carbocycles. The van der Waals surface area contributed by atoms with Crippen molar-refractivity contribution in [3.8, 4) is 0 Å². The second-order valence-corrected chi connectivity index (χ2v) is 4.73. The molecule has 0 aromatic heterocycles. The average molecular weight is 249 g/mol. The lowest BCUT2D eigenvalue weighted by atomic mass is 10.0. The molecule has 0 fully saturated rings. The smallest absolute Gasteiger partial charge is 0.253 e. The van der Waals surface area contributed by atoms with E-state index < -0.39 is 0 Å². The molecule has 0 spiro atoms. The van der Waals surface area contributed by atoms with Crippen LogP contribution in [-0.4, -0.2) is 56.5 Å². The van der Waals surface area contributed by atoms with Gasteiger partial charge in [0, 0.05) is 25.7 Å². The number of rotatable bonds is 6. The van der Waals surface area contributed by atoms with Crippen molar-refractivity contribution in [1.82, 2.24) is 9.80 Å². The fourth-order valence-electron chi connectivity index (χ4n) is 1.76. The van der Waals surface area contributed by atoms with E-state index in [-0.39, 0.29) is 5.91 Å². The first-order chi connectivity index (χ1) is 8.56. The quantitative estimate of drug-likeness (QED) is 0.812. The number of hydrogen-bond acceptors (Lipinski definition) is 3. The van der Waals surface area contributed by atoms with Crippen LogP contribution in [0.3, 0.4) is 0 Å². The molecule has 0 bridgehead atoms. The zero-order chi connectivity index (χ0) is 13.5. The lowest BCUT2D eigenvalue weighted by molar-refractivity contribution is 0.0785. The van der Waals surface area contributed by atoms with Gasteiger partial charge in [-0.25, -0.2) is 0 Å². The van der Waals surface area contributed by atoms with Crippen molar-refractivity contribution in [2.45, 2.75) is 6.42 Å². The normalized spacial score (nSPS) is 10.7. The zero-order valence-electron chi connectivity index (χ0n) is 11.5. The highest BCUT2D eigenvalue weighted by molar-refractivity contribution is 5.95.